The molecule has 2 aromatic carbocycles. The number of nitrogens with one attached hydrogen (secondary N) is 1. The lowest BCUT2D eigenvalue weighted by Crippen LogP contribution is -2.29. The van der Waals surface area contributed by atoms with E-state index < -0.39 is 0 Å². The van der Waals surface area contributed by atoms with Gasteiger partial charge < -0.3 is 10.1 Å². The molecule has 2 nitrogen and oxygen atoms in total. The molecule has 0 amide bonds. The van der Waals surface area contributed by atoms with Gasteiger partial charge in [0.05, 0.1) is 12.6 Å². The van der Waals surface area contributed by atoms with Crippen LogP contribution in [0.1, 0.15) is 36.4 Å². The minimum absolute atomic E-state index is 0.330. The number of benzene rings is 2. The van der Waals surface area contributed by atoms with Crippen LogP contribution in [0, 0.1) is 5.92 Å². The van der Waals surface area contributed by atoms with Crippen molar-refractivity contribution in [3.05, 3.63) is 70.2 Å². The Kier molecular flexibility index (Phi) is 3.90. The Labute approximate surface area is 145 Å². The number of hydrogen-bond acceptors (Lipinski definition) is 2. The molecule has 0 spiro atoms. The van der Waals surface area contributed by atoms with Gasteiger partial charge in [-0.1, -0.05) is 46.3 Å². The Hall–Kier alpha value is -1.74. The van der Waals surface area contributed by atoms with Crippen molar-refractivity contribution in [3.63, 3.8) is 0 Å². The Morgan fingerprint density at radius 2 is 2.04 bits per heavy atom. The highest BCUT2D eigenvalue weighted by Crippen LogP contribution is 2.51. The molecule has 0 saturated heterocycles. The second-order valence-electron chi connectivity index (χ2n) is 6.18. The summed E-state index contributed by atoms with van der Waals surface area (Å²) in [5.74, 6) is 1.98. The Morgan fingerprint density at radius 1 is 1.17 bits per heavy atom. The lowest BCUT2D eigenvalue weighted by atomic mass is 9.77. The largest absolute Gasteiger partial charge is 0.494 e. The lowest BCUT2D eigenvalue weighted by Gasteiger charge is -2.38. The van der Waals surface area contributed by atoms with Crippen molar-refractivity contribution in [1.29, 1.82) is 0 Å². The van der Waals surface area contributed by atoms with E-state index in [0.717, 1.165) is 12.2 Å². The molecule has 0 saturated carbocycles. The third-order valence-electron chi connectivity index (χ3n) is 4.89. The molecule has 0 aromatic heterocycles. The molecule has 2 aliphatic rings. The van der Waals surface area contributed by atoms with Gasteiger partial charge in [-0.3, -0.25) is 0 Å². The highest BCUT2D eigenvalue weighted by molar-refractivity contribution is 9.10. The second kappa shape index (κ2) is 6.04. The number of halogens is 1. The fourth-order valence-electron chi connectivity index (χ4n) is 3.86. The predicted molar refractivity (Wildman–Crippen MR) is 98.1 cm³/mol. The van der Waals surface area contributed by atoms with Crippen LogP contribution in [0.2, 0.25) is 0 Å². The average Bonchev–Trinajstić information content (AvgIpc) is 3.05. The number of allylic oxidation sites excluding steroid dienone is 2. The third kappa shape index (κ3) is 2.57. The summed E-state index contributed by atoms with van der Waals surface area (Å²) in [6.07, 6.45) is 5.80. The molecule has 0 radical (unpaired) electrons. The Bertz CT molecular complexity index is 755. The van der Waals surface area contributed by atoms with E-state index in [-0.39, 0.29) is 0 Å². The van der Waals surface area contributed by atoms with Crippen LogP contribution in [0.5, 0.6) is 5.75 Å². The van der Waals surface area contributed by atoms with Crippen LogP contribution in [-0.2, 0) is 0 Å². The van der Waals surface area contributed by atoms with E-state index >= 15 is 0 Å². The summed E-state index contributed by atoms with van der Waals surface area (Å²) in [5, 5.41) is 3.77. The smallest absolute Gasteiger partial charge is 0.119 e. The summed E-state index contributed by atoms with van der Waals surface area (Å²) in [5.41, 5.74) is 3.92. The van der Waals surface area contributed by atoms with Gasteiger partial charge in [0.1, 0.15) is 5.75 Å². The van der Waals surface area contributed by atoms with Crippen molar-refractivity contribution < 1.29 is 4.74 Å². The topological polar surface area (TPSA) is 21.3 Å². The lowest BCUT2D eigenvalue weighted by molar-refractivity contribution is 0.338. The summed E-state index contributed by atoms with van der Waals surface area (Å²) < 4.78 is 6.87. The first-order valence-electron chi connectivity index (χ1n) is 8.22. The van der Waals surface area contributed by atoms with Gasteiger partial charge in [0.2, 0.25) is 0 Å². The van der Waals surface area contributed by atoms with Crippen LogP contribution >= 0.6 is 15.9 Å². The monoisotopic (exact) mass is 369 g/mol. The quantitative estimate of drug-likeness (QED) is 0.703. The zero-order chi connectivity index (χ0) is 15.8. The zero-order valence-corrected chi connectivity index (χ0v) is 14.7. The summed E-state index contributed by atoms with van der Waals surface area (Å²) in [4.78, 5) is 0. The maximum atomic E-state index is 5.69. The van der Waals surface area contributed by atoms with E-state index in [1.165, 1.54) is 21.3 Å². The number of ether oxygens (including phenoxy) is 1. The van der Waals surface area contributed by atoms with E-state index in [1.807, 2.05) is 6.92 Å². The maximum absolute atomic E-state index is 5.69. The fraction of sp³-hybridized carbons (Fsp3) is 0.300. The minimum Gasteiger partial charge on any atom is -0.494 e. The number of hydrogen-bond donors (Lipinski definition) is 1. The summed E-state index contributed by atoms with van der Waals surface area (Å²) in [6.45, 7) is 2.73. The van der Waals surface area contributed by atoms with Crippen molar-refractivity contribution in [3.8, 4) is 5.75 Å². The SMILES string of the molecule is CCOc1ccc2c(c1)[C@@H]1C=CC[C@@H]1[C@@H](c1ccccc1Br)N2. The molecule has 4 rings (SSSR count). The van der Waals surface area contributed by atoms with Crippen molar-refractivity contribution >= 4 is 21.6 Å². The summed E-state index contributed by atoms with van der Waals surface area (Å²) in [7, 11) is 0. The van der Waals surface area contributed by atoms with E-state index in [2.05, 4.69) is 75.9 Å². The molecule has 1 aliphatic carbocycles. The number of anilines is 1. The fourth-order valence-corrected chi connectivity index (χ4v) is 4.40. The molecule has 1 N–H and O–H groups in total. The first-order chi connectivity index (χ1) is 11.3. The van der Waals surface area contributed by atoms with Gasteiger partial charge in [0, 0.05) is 16.1 Å². The second-order valence-corrected chi connectivity index (χ2v) is 7.03. The van der Waals surface area contributed by atoms with Gasteiger partial charge in [0.15, 0.2) is 0 Å². The zero-order valence-electron chi connectivity index (χ0n) is 13.1. The van der Waals surface area contributed by atoms with Crippen LogP contribution in [0.3, 0.4) is 0 Å². The van der Waals surface area contributed by atoms with E-state index in [0.29, 0.717) is 24.5 Å². The molecule has 3 heteroatoms. The van der Waals surface area contributed by atoms with Crippen LogP contribution in [0.25, 0.3) is 0 Å². The van der Waals surface area contributed by atoms with Gasteiger partial charge in [-0.25, -0.2) is 0 Å². The van der Waals surface area contributed by atoms with Crippen molar-refractivity contribution in [2.45, 2.75) is 25.3 Å². The van der Waals surface area contributed by atoms with Crippen LogP contribution in [0.15, 0.2) is 59.1 Å². The van der Waals surface area contributed by atoms with Crippen molar-refractivity contribution in [2.75, 3.05) is 11.9 Å². The first-order valence-corrected chi connectivity index (χ1v) is 9.01. The number of rotatable bonds is 3. The molecule has 3 atom stereocenters. The Morgan fingerprint density at radius 3 is 2.87 bits per heavy atom. The molecule has 1 aliphatic heterocycles. The average molecular weight is 370 g/mol. The van der Waals surface area contributed by atoms with Crippen molar-refractivity contribution in [1.82, 2.24) is 0 Å². The van der Waals surface area contributed by atoms with Crippen LogP contribution in [-0.4, -0.2) is 6.61 Å². The van der Waals surface area contributed by atoms with Gasteiger partial charge >= 0.3 is 0 Å². The van der Waals surface area contributed by atoms with Gasteiger partial charge in [0.25, 0.3) is 0 Å². The van der Waals surface area contributed by atoms with Gasteiger partial charge in [-0.2, -0.15) is 0 Å². The highest BCUT2D eigenvalue weighted by atomic mass is 79.9. The molecule has 118 valence electrons. The van der Waals surface area contributed by atoms with Crippen LogP contribution < -0.4 is 10.1 Å². The van der Waals surface area contributed by atoms with E-state index in [1.54, 1.807) is 0 Å². The molecule has 0 fully saturated rings. The first kappa shape index (κ1) is 14.8. The van der Waals surface area contributed by atoms with Crippen LogP contribution in [0.4, 0.5) is 5.69 Å². The maximum Gasteiger partial charge on any atom is 0.119 e. The van der Waals surface area contributed by atoms with E-state index in [9.17, 15) is 0 Å². The molecular formula is C20H20BrNO. The van der Waals surface area contributed by atoms with Crippen molar-refractivity contribution in [2.24, 2.45) is 5.92 Å². The molecule has 2 aromatic rings. The van der Waals surface area contributed by atoms with Gasteiger partial charge in [-0.15, -0.1) is 0 Å². The summed E-state index contributed by atoms with van der Waals surface area (Å²) >= 11 is 3.72. The molecule has 23 heavy (non-hydrogen) atoms. The standard InChI is InChI=1S/C20H20BrNO/c1-2-23-13-10-11-19-17(12-13)14-7-5-8-15(14)20(22-19)16-6-3-4-9-18(16)21/h3-7,9-12,14-15,20,22H,2,8H2,1H3/t14-,15+,20+/m1/s1. The highest BCUT2D eigenvalue weighted by Gasteiger charge is 2.38. The predicted octanol–water partition coefficient (Wildman–Crippen LogP) is 5.67. The minimum atomic E-state index is 0.330. The molecule has 1 heterocycles. The van der Waals surface area contributed by atoms with E-state index in [4.69, 9.17) is 4.74 Å². The number of fused-ring (bicyclic) bond motifs is 3. The summed E-state index contributed by atoms with van der Waals surface area (Å²) in [6, 6.07) is 15.3. The molecular weight excluding hydrogens is 350 g/mol. The Balaban J connectivity index is 1.76. The third-order valence-corrected chi connectivity index (χ3v) is 5.61. The normalized spacial score (nSPS) is 24.7. The van der Waals surface area contributed by atoms with Gasteiger partial charge in [-0.05, 0) is 54.7 Å². The molecule has 0 bridgehead atoms. The molecule has 0 unspecified atom stereocenters.